The Morgan fingerprint density at radius 3 is 2.27 bits per heavy atom. The molecular formula is C8H17NO5S. The van der Waals surface area contributed by atoms with E-state index in [0.717, 1.165) is 0 Å². The summed E-state index contributed by atoms with van der Waals surface area (Å²) in [6, 6.07) is -1.46. The number of hydrogen-bond acceptors (Lipinski definition) is 4. The molecule has 15 heavy (non-hydrogen) atoms. The van der Waals surface area contributed by atoms with Crippen LogP contribution in [0.15, 0.2) is 0 Å². The Morgan fingerprint density at radius 1 is 1.40 bits per heavy atom. The number of aliphatic hydroxyl groups is 1. The summed E-state index contributed by atoms with van der Waals surface area (Å²) in [7, 11) is -3.62. The van der Waals surface area contributed by atoms with Crippen molar-refractivity contribution < 1.29 is 23.4 Å². The number of aliphatic hydroxyl groups excluding tert-OH is 1. The molecule has 0 aliphatic heterocycles. The van der Waals surface area contributed by atoms with Gasteiger partial charge in [0.15, 0.2) is 0 Å². The maximum atomic E-state index is 11.3. The summed E-state index contributed by atoms with van der Waals surface area (Å²) in [6.07, 6.45) is 0.451. The second kappa shape index (κ2) is 6.04. The van der Waals surface area contributed by atoms with Gasteiger partial charge in [0, 0.05) is 0 Å². The Labute approximate surface area is 89.4 Å². The molecule has 0 aromatic rings. The van der Waals surface area contributed by atoms with Crippen molar-refractivity contribution in [2.75, 3.05) is 12.4 Å². The average molecular weight is 239 g/mol. The maximum absolute atomic E-state index is 11.3. The Hall–Kier alpha value is -0.660. The molecule has 0 spiro atoms. The van der Waals surface area contributed by atoms with Crippen LogP contribution < -0.4 is 4.72 Å². The van der Waals surface area contributed by atoms with E-state index in [4.69, 9.17) is 10.2 Å². The molecule has 90 valence electrons. The summed E-state index contributed by atoms with van der Waals surface area (Å²) >= 11 is 0. The minimum Gasteiger partial charge on any atom is -0.480 e. The van der Waals surface area contributed by atoms with Crippen molar-refractivity contribution in [3.8, 4) is 0 Å². The van der Waals surface area contributed by atoms with Crippen LogP contribution in [0.4, 0.5) is 0 Å². The monoisotopic (exact) mass is 239 g/mol. The van der Waals surface area contributed by atoms with E-state index in [0.29, 0.717) is 6.42 Å². The average Bonchev–Trinajstić information content (AvgIpc) is 2.11. The van der Waals surface area contributed by atoms with Crippen molar-refractivity contribution in [2.24, 2.45) is 5.92 Å². The van der Waals surface area contributed by atoms with Crippen molar-refractivity contribution in [1.29, 1.82) is 0 Å². The number of carbonyl (C=O) groups is 1. The molecule has 0 rings (SSSR count). The topological polar surface area (TPSA) is 104 Å². The fraction of sp³-hybridized carbons (Fsp3) is 0.875. The second-order valence-electron chi connectivity index (χ2n) is 3.69. The normalized spacial score (nSPS) is 14.1. The fourth-order valence-corrected chi connectivity index (χ4v) is 2.34. The largest absolute Gasteiger partial charge is 0.480 e. The van der Waals surface area contributed by atoms with Gasteiger partial charge in [-0.1, -0.05) is 13.8 Å². The third kappa shape index (κ3) is 6.43. The van der Waals surface area contributed by atoms with E-state index in [-0.39, 0.29) is 11.7 Å². The Bertz CT molecular complexity index is 298. The van der Waals surface area contributed by atoms with E-state index in [2.05, 4.69) is 0 Å². The SMILES string of the molecule is CC(C)CCS(=O)(=O)N[C@H](CO)C(=O)O. The zero-order valence-electron chi connectivity index (χ0n) is 8.80. The van der Waals surface area contributed by atoms with Gasteiger partial charge in [0.1, 0.15) is 6.04 Å². The summed E-state index contributed by atoms with van der Waals surface area (Å²) < 4.78 is 24.6. The lowest BCUT2D eigenvalue weighted by Crippen LogP contribution is -2.44. The number of nitrogens with one attached hydrogen (secondary N) is 1. The molecule has 0 heterocycles. The van der Waals surface area contributed by atoms with Crippen LogP contribution in [0, 0.1) is 5.92 Å². The van der Waals surface area contributed by atoms with Crippen LogP contribution in [0.1, 0.15) is 20.3 Å². The highest BCUT2D eigenvalue weighted by Crippen LogP contribution is 2.02. The fourth-order valence-electron chi connectivity index (χ4n) is 0.832. The lowest BCUT2D eigenvalue weighted by Gasteiger charge is -2.12. The van der Waals surface area contributed by atoms with E-state index in [1.54, 1.807) is 0 Å². The molecule has 0 saturated carbocycles. The summed E-state index contributed by atoms with van der Waals surface area (Å²) in [4.78, 5) is 10.5. The van der Waals surface area contributed by atoms with Crippen LogP contribution >= 0.6 is 0 Å². The smallest absolute Gasteiger partial charge is 0.324 e. The molecule has 0 aliphatic carbocycles. The first-order valence-corrected chi connectivity index (χ1v) is 6.27. The van der Waals surface area contributed by atoms with Crippen LogP contribution in [0.25, 0.3) is 0 Å². The number of aliphatic carboxylic acids is 1. The molecule has 0 aromatic carbocycles. The highest BCUT2D eigenvalue weighted by molar-refractivity contribution is 7.89. The minimum absolute atomic E-state index is 0.131. The van der Waals surface area contributed by atoms with Crippen LogP contribution in [0.3, 0.4) is 0 Å². The minimum atomic E-state index is -3.62. The predicted octanol–water partition coefficient (Wildman–Crippen LogP) is -0.603. The van der Waals surface area contributed by atoms with Crippen molar-refractivity contribution >= 4 is 16.0 Å². The molecule has 1 atom stereocenters. The summed E-state index contributed by atoms with van der Waals surface area (Å²) in [5.74, 6) is -1.29. The van der Waals surface area contributed by atoms with Gasteiger partial charge in [0.25, 0.3) is 0 Å². The molecule has 6 nitrogen and oxygen atoms in total. The van der Waals surface area contributed by atoms with Crippen molar-refractivity contribution in [1.82, 2.24) is 4.72 Å². The molecule has 7 heteroatoms. The van der Waals surface area contributed by atoms with Crippen LogP contribution in [0.2, 0.25) is 0 Å². The molecular weight excluding hydrogens is 222 g/mol. The molecule has 0 bridgehead atoms. The summed E-state index contributed by atoms with van der Waals surface area (Å²) in [5, 5.41) is 17.2. The number of carboxylic acids is 1. The highest BCUT2D eigenvalue weighted by Gasteiger charge is 2.22. The van der Waals surface area contributed by atoms with E-state index in [1.807, 2.05) is 18.6 Å². The number of carboxylic acid groups (broad SMARTS) is 1. The van der Waals surface area contributed by atoms with Crippen LogP contribution in [-0.2, 0) is 14.8 Å². The molecule has 0 saturated heterocycles. The van der Waals surface area contributed by atoms with E-state index >= 15 is 0 Å². The molecule has 0 fully saturated rings. The zero-order valence-corrected chi connectivity index (χ0v) is 9.62. The van der Waals surface area contributed by atoms with Gasteiger partial charge in [0.05, 0.1) is 12.4 Å². The zero-order chi connectivity index (χ0) is 12.1. The number of hydrogen-bond donors (Lipinski definition) is 3. The van der Waals surface area contributed by atoms with Gasteiger partial charge >= 0.3 is 5.97 Å². The third-order valence-electron chi connectivity index (χ3n) is 1.77. The van der Waals surface area contributed by atoms with Crippen LogP contribution in [-0.4, -0.2) is 43.0 Å². The lowest BCUT2D eigenvalue weighted by atomic mass is 10.2. The van der Waals surface area contributed by atoms with E-state index in [1.165, 1.54) is 0 Å². The van der Waals surface area contributed by atoms with Gasteiger partial charge in [0.2, 0.25) is 10.0 Å². The first-order chi connectivity index (χ1) is 6.78. The summed E-state index contributed by atoms with van der Waals surface area (Å²) in [6.45, 7) is 2.99. The van der Waals surface area contributed by atoms with Crippen molar-refractivity contribution in [3.05, 3.63) is 0 Å². The standard InChI is InChI=1S/C8H17NO5S/c1-6(2)3-4-15(13,14)9-7(5-10)8(11)12/h6-7,9-10H,3-5H2,1-2H3,(H,11,12)/t7-/m1/s1. The second-order valence-corrected chi connectivity index (χ2v) is 5.57. The van der Waals surface area contributed by atoms with Gasteiger partial charge in [-0.15, -0.1) is 0 Å². The van der Waals surface area contributed by atoms with Gasteiger partial charge in [-0.05, 0) is 12.3 Å². The van der Waals surface area contributed by atoms with E-state index in [9.17, 15) is 13.2 Å². The third-order valence-corrected chi connectivity index (χ3v) is 3.18. The van der Waals surface area contributed by atoms with Crippen molar-refractivity contribution in [2.45, 2.75) is 26.3 Å². The Kier molecular flexibility index (Phi) is 5.77. The predicted molar refractivity (Wildman–Crippen MR) is 54.9 cm³/mol. The quantitative estimate of drug-likeness (QED) is 0.550. The molecule has 3 N–H and O–H groups in total. The first kappa shape index (κ1) is 14.3. The van der Waals surface area contributed by atoms with Gasteiger partial charge in [-0.3, -0.25) is 4.79 Å². The molecule has 0 aromatic heterocycles. The first-order valence-electron chi connectivity index (χ1n) is 4.62. The number of sulfonamides is 1. The number of rotatable bonds is 7. The van der Waals surface area contributed by atoms with Gasteiger partial charge in [-0.2, -0.15) is 4.72 Å². The molecule has 0 aliphatic rings. The Balaban J connectivity index is 4.30. The molecule has 0 unspecified atom stereocenters. The Morgan fingerprint density at radius 2 is 1.93 bits per heavy atom. The van der Waals surface area contributed by atoms with Crippen LogP contribution in [0.5, 0.6) is 0 Å². The molecule has 0 radical (unpaired) electrons. The van der Waals surface area contributed by atoms with E-state index < -0.39 is 28.6 Å². The highest BCUT2D eigenvalue weighted by atomic mass is 32.2. The van der Waals surface area contributed by atoms with Crippen molar-refractivity contribution in [3.63, 3.8) is 0 Å². The lowest BCUT2D eigenvalue weighted by molar-refractivity contribution is -0.139. The van der Waals surface area contributed by atoms with Gasteiger partial charge < -0.3 is 10.2 Å². The molecule has 0 amide bonds. The van der Waals surface area contributed by atoms with Gasteiger partial charge in [-0.25, -0.2) is 8.42 Å². The maximum Gasteiger partial charge on any atom is 0.324 e. The summed E-state index contributed by atoms with van der Waals surface area (Å²) in [5.41, 5.74) is 0.